The Morgan fingerprint density at radius 1 is 1.00 bits per heavy atom. The molecule has 0 aromatic heterocycles. The summed E-state index contributed by atoms with van der Waals surface area (Å²) in [6, 6.07) is 8.49. The molecule has 0 bridgehead atoms. The van der Waals surface area contributed by atoms with Gasteiger partial charge in [-0.1, -0.05) is 12.1 Å². The molecule has 0 unspecified atom stereocenters. The minimum Gasteiger partial charge on any atom is -0.482 e. The van der Waals surface area contributed by atoms with Crippen LogP contribution in [0.2, 0.25) is 0 Å². The number of amides is 1. The molecule has 2 aromatic carbocycles. The number of carbonyl (C=O) groups is 2. The van der Waals surface area contributed by atoms with Gasteiger partial charge in [0.15, 0.2) is 24.8 Å². The van der Waals surface area contributed by atoms with Crippen LogP contribution < -0.4 is 10.1 Å². The number of hydrogen-bond acceptors (Lipinski definition) is 4. The first-order valence-electron chi connectivity index (χ1n) is 7.45. The molecule has 132 valence electrons. The number of aryl methyl sites for hydroxylation is 2. The Hall–Kier alpha value is -2.96. The highest BCUT2D eigenvalue weighted by Crippen LogP contribution is 2.19. The molecule has 0 spiro atoms. The van der Waals surface area contributed by atoms with E-state index < -0.39 is 30.1 Å². The van der Waals surface area contributed by atoms with E-state index in [0.29, 0.717) is 5.75 Å². The van der Waals surface area contributed by atoms with Gasteiger partial charge in [-0.2, -0.15) is 0 Å². The number of nitrogens with one attached hydrogen (secondary N) is 1. The molecular weight excluding hydrogens is 332 g/mol. The predicted molar refractivity (Wildman–Crippen MR) is 87.4 cm³/mol. The van der Waals surface area contributed by atoms with E-state index in [0.717, 1.165) is 23.3 Å². The first kappa shape index (κ1) is 18.4. The smallest absolute Gasteiger partial charge is 0.344 e. The third-order valence-electron chi connectivity index (χ3n) is 3.26. The SMILES string of the molecule is Cc1ccc(C)c(OCC(=O)OCC(=O)Nc2ccc(F)c(F)c2)c1. The summed E-state index contributed by atoms with van der Waals surface area (Å²) in [6.07, 6.45) is 0. The van der Waals surface area contributed by atoms with Crippen molar-refractivity contribution in [2.24, 2.45) is 0 Å². The summed E-state index contributed by atoms with van der Waals surface area (Å²) in [4.78, 5) is 23.3. The lowest BCUT2D eigenvalue weighted by atomic mass is 10.1. The van der Waals surface area contributed by atoms with Gasteiger partial charge in [-0.05, 0) is 43.2 Å². The largest absolute Gasteiger partial charge is 0.482 e. The number of anilines is 1. The van der Waals surface area contributed by atoms with Crippen LogP contribution in [0.1, 0.15) is 11.1 Å². The van der Waals surface area contributed by atoms with E-state index in [9.17, 15) is 18.4 Å². The van der Waals surface area contributed by atoms with E-state index >= 15 is 0 Å². The van der Waals surface area contributed by atoms with Crippen LogP contribution in [0.3, 0.4) is 0 Å². The van der Waals surface area contributed by atoms with E-state index in [1.54, 1.807) is 6.07 Å². The summed E-state index contributed by atoms with van der Waals surface area (Å²) >= 11 is 0. The van der Waals surface area contributed by atoms with Crippen molar-refractivity contribution in [2.45, 2.75) is 13.8 Å². The first-order valence-corrected chi connectivity index (χ1v) is 7.45. The van der Waals surface area contributed by atoms with Gasteiger partial charge in [0.1, 0.15) is 5.75 Å². The maximum absolute atomic E-state index is 13.0. The molecule has 0 heterocycles. The van der Waals surface area contributed by atoms with Crippen molar-refractivity contribution < 1.29 is 27.8 Å². The lowest BCUT2D eigenvalue weighted by molar-refractivity contribution is -0.149. The van der Waals surface area contributed by atoms with Crippen molar-refractivity contribution in [1.29, 1.82) is 0 Å². The summed E-state index contributed by atoms with van der Waals surface area (Å²) in [6.45, 7) is 2.83. The number of esters is 1. The van der Waals surface area contributed by atoms with E-state index in [2.05, 4.69) is 5.32 Å². The molecule has 0 aliphatic heterocycles. The van der Waals surface area contributed by atoms with Crippen LogP contribution in [0.5, 0.6) is 5.75 Å². The van der Waals surface area contributed by atoms with Crippen molar-refractivity contribution in [3.8, 4) is 5.75 Å². The Bertz CT molecular complexity index is 793. The third-order valence-corrected chi connectivity index (χ3v) is 3.26. The lowest BCUT2D eigenvalue weighted by Gasteiger charge is -2.10. The van der Waals surface area contributed by atoms with Crippen LogP contribution in [0.25, 0.3) is 0 Å². The molecule has 0 fully saturated rings. The van der Waals surface area contributed by atoms with Crippen molar-refractivity contribution in [2.75, 3.05) is 18.5 Å². The van der Waals surface area contributed by atoms with Crippen molar-refractivity contribution >= 4 is 17.6 Å². The molecule has 5 nitrogen and oxygen atoms in total. The standard InChI is InChI=1S/C18H17F2NO4/c1-11-3-4-12(2)16(7-11)24-10-18(23)25-9-17(22)21-13-5-6-14(19)15(20)8-13/h3-8H,9-10H2,1-2H3,(H,21,22). The van der Waals surface area contributed by atoms with Crippen LogP contribution in [0.4, 0.5) is 14.5 Å². The van der Waals surface area contributed by atoms with Gasteiger partial charge in [0.05, 0.1) is 0 Å². The Labute approximate surface area is 143 Å². The van der Waals surface area contributed by atoms with Gasteiger partial charge in [0.2, 0.25) is 0 Å². The highest BCUT2D eigenvalue weighted by atomic mass is 19.2. The van der Waals surface area contributed by atoms with Gasteiger partial charge in [0.25, 0.3) is 5.91 Å². The maximum atomic E-state index is 13.0. The van der Waals surface area contributed by atoms with Crippen LogP contribution >= 0.6 is 0 Å². The predicted octanol–water partition coefficient (Wildman–Crippen LogP) is 3.14. The zero-order valence-electron chi connectivity index (χ0n) is 13.8. The fourth-order valence-electron chi connectivity index (χ4n) is 1.96. The highest BCUT2D eigenvalue weighted by molar-refractivity contribution is 5.92. The molecule has 7 heteroatoms. The van der Waals surface area contributed by atoms with E-state index in [1.807, 2.05) is 26.0 Å². The Morgan fingerprint density at radius 3 is 2.48 bits per heavy atom. The number of ether oxygens (including phenoxy) is 2. The summed E-state index contributed by atoms with van der Waals surface area (Å²) in [7, 11) is 0. The first-order chi connectivity index (χ1) is 11.8. The third kappa shape index (κ3) is 5.56. The Balaban J connectivity index is 1.78. The molecule has 0 atom stereocenters. The normalized spacial score (nSPS) is 10.2. The van der Waals surface area contributed by atoms with E-state index in [4.69, 9.17) is 9.47 Å². The van der Waals surface area contributed by atoms with Crippen LogP contribution in [-0.4, -0.2) is 25.1 Å². The van der Waals surface area contributed by atoms with Crippen LogP contribution in [0.15, 0.2) is 36.4 Å². The van der Waals surface area contributed by atoms with Gasteiger partial charge < -0.3 is 14.8 Å². The van der Waals surface area contributed by atoms with Gasteiger partial charge in [0, 0.05) is 11.8 Å². The number of benzene rings is 2. The molecule has 25 heavy (non-hydrogen) atoms. The molecule has 0 saturated carbocycles. The second-order valence-corrected chi connectivity index (χ2v) is 5.40. The quantitative estimate of drug-likeness (QED) is 0.814. The minimum atomic E-state index is -1.09. The van der Waals surface area contributed by atoms with Crippen LogP contribution in [-0.2, 0) is 14.3 Å². The second-order valence-electron chi connectivity index (χ2n) is 5.40. The van der Waals surface area contributed by atoms with Crippen molar-refractivity contribution in [1.82, 2.24) is 0 Å². The summed E-state index contributed by atoms with van der Waals surface area (Å²) in [5.41, 5.74) is 1.92. The molecule has 1 amide bonds. The highest BCUT2D eigenvalue weighted by Gasteiger charge is 2.11. The average Bonchev–Trinajstić information content (AvgIpc) is 2.57. The van der Waals surface area contributed by atoms with Crippen molar-refractivity contribution in [3.63, 3.8) is 0 Å². The monoisotopic (exact) mass is 349 g/mol. The van der Waals surface area contributed by atoms with Crippen LogP contribution in [0, 0.1) is 25.5 Å². The summed E-state index contributed by atoms with van der Waals surface area (Å²) < 4.78 is 36.0. The summed E-state index contributed by atoms with van der Waals surface area (Å²) in [5.74, 6) is -2.94. The number of rotatable bonds is 6. The number of halogens is 2. The van der Waals surface area contributed by atoms with Crippen molar-refractivity contribution in [3.05, 3.63) is 59.2 Å². The number of hydrogen-bond donors (Lipinski definition) is 1. The number of carbonyl (C=O) groups excluding carboxylic acids is 2. The molecule has 0 radical (unpaired) electrons. The Morgan fingerprint density at radius 2 is 1.76 bits per heavy atom. The molecular formula is C18H17F2NO4. The maximum Gasteiger partial charge on any atom is 0.344 e. The molecule has 1 N–H and O–H groups in total. The lowest BCUT2D eigenvalue weighted by Crippen LogP contribution is -2.23. The van der Waals surface area contributed by atoms with Gasteiger partial charge in [-0.25, -0.2) is 13.6 Å². The average molecular weight is 349 g/mol. The fraction of sp³-hybridized carbons (Fsp3) is 0.222. The second kappa shape index (κ2) is 8.23. The van der Waals surface area contributed by atoms with Gasteiger partial charge in [-0.15, -0.1) is 0 Å². The molecule has 0 saturated heterocycles. The Kier molecular flexibility index (Phi) is 6.05. The fourth-order valence-corrected chi connectivity index (χ4v) is 1.96. The molecule has 2 aromatic rings. The van der Waals surface area contributed by atoms with Gasteiger partial charge in [-0.3, -0.25) is 4.79 Å². The van der Waals surface area contributed by atoms with E-state index in [1.165, 1.54) is 6.07 Å². The summed E-state index contributed by atoms with van der Waals surface area (Å²) in [5, 5.41) is 2.29. The molecule has 2 rings (SSSR count). The zero-order chi connectivity index (χ0) is 18.4. The molecule has 0 aliphatic rings. The van der Waals surface area contributed by atoms with Gasteiger partial charge >= 0.3 is 5.97 Å². The minimum absolute atomic E-state index is 0.0617. The molecule has 0 aliphatic carbocycles. The zero-order valence-corrected chi connectivity index (χ0v) is 13.8. The van der Waals surface area contributed by atoms with E-state index in [-0.39, 0.29) is 12.3 Å². The topological polar surface area (TPSA) is 64.6 Å².